The standard InChI is InChI=1S/C19H14ClNO3/c1-24-19(23)16-11-15(12-5-3-2-4-6-12)17(21-18(16)22)13-7-9-14(20)10-8-13/h2-11H,1H3,(H,21,22). The highest BCUT2D eigenvalue weighted by Gasteiger charge is 2.17. The van der Waals surface area contributed by atoms with Gasteiger partial charge in [0, 0.05) is 10.6 Å². The van der Waals surface area contributed by atoms with Gasteiger partial charge in [0.2, 0.25) is 0 Å². The van der Waals surface area contributed by atoms with Crippen LogP contribution in [0.1, 0.15) is 10.4 Å². The van der Waals surface area contributed by atoms with E-state index in [2.05, 4.69) is 4.98 Å². The van der Waals surface area contributed by atoms with Crippen LogP contribution in [-0.4, -0.2) is 18.1 Å². The Morgan fingerprint density at radius 3 is 2.29 bits per heavy atom. The van der Waals surface area contributed by atoms with Gasteiger partial charge in [-0.2, -0.15) is 0 Å². The Bertz CT molecular complexity index is 931. The van der Waals surface area contributed by atoms with Gasteiger partial charge in [0.25, 0.3) is 5.56 Å². The lowest BCUT2D eigenvalue weighted by atomic mass is 9.98. The van der Waals surface area contributed by atoms with Gasteiger partial charge in [0.05, 0.1) is 12.8 Å². The van der Waals surface area contributed by atoms with Crippen LogP contribution in [0.3, 0.4) is 0 Å². The van der Waals surface area contributed by atoms with Gasteiger partial charge in [-0.25, -0.2) is 4.79 Å². The van der Waals surface area contributed by atoms with Crippen LogP contribution in [0.4, 0.5) is 0 Å². The molecule has 0 atom stereocenters. The van der Waals surface area contributed by atoms with E-state index in [1.165, 1.54) is 7.11 Å². The number of halogens is 1. The number of carbonyl (C=O) groups is 1. The average Bonchev–Trinajstić information content (AvgIpc) is 2.62. The number of pyridine rings is 1. The Morgan fingerprint density at radius 2 is 1.67 bits per heavy atom. The number of nitrogens with one attached hydrogen (secondary N) is 1. The van der Waals surface area contributed by atoms with Gasteiger partial charge in [0.1, 0.15) is 5.56 Å². The molecule has 1 N–H and O–H groups in total. The monoisotopic (exact) mass is 339 g/mol. The quantitative estimate of drug-likeness (QED) is 0.729. The Hall–Kier alpha value is -2.85. The number of aromatic nitrogens is 1. The number of aromatic amines is 1. The van der Waals surface area contributed by atoms with Crippen molar-refractivity contribution in [3.05, 3.63) is 81.6 Å². The number of H-pyrrole nitrogens is 1. The van der Waals surface area contributed by atoms with Crippen molar-refractivity contribution in [1.29, 1.82) is 0 Å². The lowest BCUT2D eigenvalue weighted by molar-refractivity contribution is 0.0599. The average molecular weight is 340 g/mol. The molecule has 0 amide bonds. The predicted octanol–water partition coefficient (Wildman–Crippen LogP) is 4.15. The lowest BCUT2D eigenvalue weighted by Gasteiger charge is -2.12. The van der Waals surface area contributed by atoms with E-state index >= 15 is 0 Å². The number of ether oxygens (including phenoxy) is 1. The maximum absolute atomic E-state index is 12.3. The minimum atomic E-state index is -0.670. The molecule has 24 heavy (non-hydrogen) atoms. The van der Waals surface area contributed by atoms with E-state index in [1.54, 1.807) is 18.2 Å². The van der Waals surface area contributed by atoms with Crippen molar-refractivity contribution in [2.24, 2.45) is 0 Å². The van der Waals surface area contributed by atoms with Gasteiger partial charge < -0.3 is 9.72 Å². The van der Waals surface area contributed by atoms with Crippen LogP contribution < -0.4 is 5.56 Å². The van der Waals surface area contributed by atoms with E-state index < -0.39 is 11.5 Å². The molecule has 0 fully saturated rings. The van der Waals surface area contributed by atoms with Crippen LogP contribution in [0, 0.1) is 0 Å². The second kappa shape index (κ2) is 6.72. The zero-order valence-electron chi connectivity index (χ0n) is 12.9. The minimum absolute atomic E-state index is 0.0333. The first-order valence-corrected chi connectivity index (χ1v) is 7.65. The molecule has 0 saturated heterocycles. The molecular formula is C19H14ClNO3. The summed E-state index contributed by atoms with van der Waals surface area (Å²) in [5.74, 6) is -0.670. The van der Waals surface area contributed by atoms with Crippen molar-refractivity contribution < 1.29 is 9.53 Å². The summed E-state index contributed by atoms with van der Waals surface area (Å²) in [4.78, 5) is 26.9. The van der Waals surface area contributed by atoms with Crippen molar-refractivity contribution in [2.75, 3.05) is 7.11 Å². The number of carbonyl (C=O) groups excluding carboxylic acids is 1. The number of methoxy groups -OCH3 is 1. The largest absolute Gasteiger partial charge is 0.465 e. The number of rotatable bonds is 3. The highest BCUT2D eigenvalue weighted by molar-refractivity contribution is 6.30. The molecule has 0 spiro atoms. The molecule has 0 saturated carbocycles. The zero-order valence-corrected chi connectivity index (χ0v) is 13.6. The number of benzene rings is 2. The second-order valence-corrected chi connectivity index (χ2v) is 5.60. The third-order valence-electron chi connectivity index (χ3n) is 3.66. The summed E-state index contributed by atoms with van der Waals surface area (Å²) >= 11 is 5.94. The first kappa shape index (κ1) is 16.0. The summed E-state index contributed by atoms with van der Waals surface area (Å²) in [5, 5.41) is 0.605. The molecule has 2 aromatic carbocycles. The van der Waals surface area contributed by atoms with E-state index in [0.717, 1.165) is 16.7 Å². The number of esters is 1. The highest BCUT2D eigenvalue weighted by Crippen LogP contribution is 2.30. The second-order valence-electron chi connectivity index (χ2n) is 5.17. The van der Waals surface area contributed by atoms with E-state index in [1.807, 2.05) is 42.5 Å². The third kappa shape index (κ3) is 3.09. The molecule has 1 heterocycles. The van der Waals surface area contributed by atoms with Gasteiger partial charge in [-0.15, -0.1) is 0 Å². The van der Waals surface area contributed by atoms with Crippen molar-refractivity contribution in [1.82, 2.24) is 4.98 Å². The van der Waals surface area contributed by atoms with Crippen LogP contribution in [-0.2, 0) is 4.74 Å². The third-order valence-corrected chi connectivity index (χ3v) is 3.92. The van der Waals surface area contributed by atoms with Crippen LogP contribution >= 0.6 is 11.6 Å². The summed E-state index contributed by atoms with van der Waals surface area (Å²) in [6.45, 7) is 0. The lowest BCUT2D eigenvalue weighted by Crippen LogP contribution is -2.19. The van der Waals surface area contributed by atoms with Gasteiger partial charge >= 0.3 is 5.97 Å². The topological polar surface area (TPSA) is 59.2 Å². The number of hydrogen-bond donors (Lipinski definition) is 1. The van der Waals surface area contributed by atoms with Gasteiger partial charge in [0.15, 0.2) is 0 Å². The van der Waals surface area contributed by atoms with E-state index in [9.17, 15) is 9.59 Å². The predicted molar refractivity (Wildman–Crippen MR) is 94.3 cm³/mol. The molecular weight excluding hydrogens is 326 g/mol. The molecule has 4 nitrogen and oxygen atoms in total. The zero-order chi connectivity index (χ0) is 17.1. The SMILES string of the molecule is COC(=O)c1cc(-c2ccccc2)c(-c2ccc(Cl)cc2)[nH]c1=O. The van der Waals surface area contributed by atoms with Crippen LogP contribution in [0.5, 0.6) is 0 Å². The Morgan fingerprint density at radius 1 is 1.00 bits per heavy atom. The molecule has 0 aliphatic rings. The summed E-state index contributed by atoms with van der Waals surface area (Å²) in [6, 6.07) is 18.2. The summed E-state index contributed by atoms with van der Waals surface area (Å²) < 4.78 is 4.69. The van der Waals surface area contributed by atoms with Crippen LogP contribution in [0.25, 0.3) is 22.4 Å². The maximum Gasteiger partial charge on any atom is 0.343 e. The fourth-order valence-electron chi connectivity index (χ4n) is 2.48. The first-order chi connectivity index (χ1) is 11.6. The molecule has 5 heteroatoms. The Balaban J connectivity index is 2.28. The summed E-state index contributed by atoms with van der Waals surface area (Å²) in [6.07, 6.45) is 0. The number of hydrogen-bond acceptors (Lipinski definition) is 3. The molecule has 3 rings (SSSR count). The summed E-state index contributed by atoms with van der Waals surface area (Å²) in [7, 11) is 1.25. The first-order valence-electron chi connectivity index (χ1n) is 7.27. The molecule has 120 valence electrons. The van der Waals surface area contributed by atoms with Crippen molar-refractivity contribution in [2.45, 2.75) is 0 Å². The van der Waals surface area contributed by atoms with Gasteiger partial charge in [-0.1, -0.05) is 54.1 Å². The van der Waals surface area contributed by atoms with E-state index in [4.69, 9.17) is 16.3 Å². The molecule has 0 radical (unpaired) electrons. The fraction of sp³-hybridized carbons (Fsp3) is 0.0526. The Kier molecular flexibility index (Phi) is 4.49. The van der Waals surface area contributed by atoms with Crippen molar-refractivity contribution >= 4 is 17.6 Å². The molecule has 0 aliphatic heterocycles. The normalized spacial score (nSPS) is 10.4. The molecule has 3 aromatic rings. The van der Waals surface area contributed by atoms with Crippen molar-refractivity contribution in [3.8, 4) is 22.4 Å². The highest BCUT2D eigenvalue weighted by atomic mass is 35.5. The maximum atomic E-state index is 12.3. The van der Waals surface area contributed by atoms with E-state index in [-0.39, 0.29) is 5.56 Å². The summed E-state index contributed by atoms with van der Waals surface area (Å²) in [5.41, 5.74) is 2.50. The van der Waals surface area contributed by atoms with E-state index in [0.29, 0.717) is 10.7 Å². The molecule has 0 aliphatic carbocycles. The molecule has 1 aromatic heterocycles. The smallest absolute Gasteiger partial charge is 0.343 e. The van der Waals surface area contributed by atoms with Gasteiger partial charge in [-0.3, -0.25) is 4.79 Å². The van der Waals surface area contributed by atoms with Crippen LogP contribution in [0.2, 0.25) is 5.02 Å². The van der Waals surface area contributed by atoms with Crippen molar-refractivity contribution in [3.63, 3.8) is 0 Å². The van der Waals surface area contributed by atoms with Gasteiger partial charge in [-0.05, 0) is 29.3 Å². The fourth-order valence-corrected chi connectivity index (χ4v) is 2.61. The molecule has 0 bridgehead atoms. The van der Waals surface area contributed by atoms with Crippen LogP contribution in [0.15, 0.2) is 65.5 Å². The molecule has 0 unspecified atom stereocenters. The minimum Gasteiger partial charge on any atom is -0.465 e. The Labute approximate surface area is 143 Å².